The van der Waals surface area contributed by atoms with Crippen LogP contribution in [-0.2, 0) is 0 Å². The number of carbonyl (C=O) groups is 1. The molecule has 0 aliphatic carbocycles. The van der Waals surface area contributed by atoms with Crippen molar-refractivity contribution >= 4 is 5.91 Å². The van der Waals surface area contributed by atoms with Gasteiger partial charge in [0.25, 0.3) is 5.91 Å². The predicted octanol–water partition coefficient (Wildman–Crippen LogP) is 0.184. The summed E-state index contributed by atoms with van der Waals surface area (Å²) in [5, 5.41) is 11.6. The summed E-state index contributed by atoms with van der Waals surface area (Å²) in [7, 11) is 0. The fourth-order valence-corrected chi connectivity index (χ4v) is 1.36. The molecule has 3 N–H and O–H groups in total. The van der Waals surface area contributed by atoms with Crippen molar-refractivity contribution in [2.24, 2.45) is 0 Å². The predicted molar refractivity (Wildman–Crippen MR) is 60.4 cm³/mol. The Balaban J connectivity index is 2.84. The molecule has 1 amide bonds. The van der Waals surface area contributed by atoms with Crippen LogP contribution < -0.4 is 10.9 Å². The van der Waals surface area contributed by atoms with Crippen molar-refractivity contribution in [2.75, 3.05) is 6.61 Å². The molecule has 1 aromatic rings. The van der Waals surface area contributed by atoms with E-state index in [4.69, 9.17) is 5.11 Å². The van der Waals surface area contributed by atoms with Crippen LogP contribution >= 0.6 is 0 Å². The zero-order chi connectivity index (χ0) is 12.1. The van der Waals surface area contributed by atoms with Gasteiger partial charge in [0, 0.05) is 11.8 Å². The lowest BCUT2D eigenvalue weighted by Crippen LogP contribution is -2.37. The molecule has 0 saturated heterocycles. The standard InChI is InChI=1S/C11H16N2O3/c1-3-8(6-14)13-11(16)9-4-5-10(15)12-7(9)2/h4-5,8,14H,3,6H2,1-2H3,(H,12,15)(H,13,16). The third-order valence-corrected chi connectivity index (χ3v) is 2.41. The van der Waals surface area contributed by atoms with E-state index in [0.29, 0.717) is 17.7 Å². The van der Waals surface area contributed by atoms with Crippen molar-refractivity contribution in [3.8, 4) is 0 Å². The molecule has 0 aromatic carbocycles. The SMILES string of the molecule is CCC(CO)NC(=O)c1ccc(=O)[nH]c1C. The van der Waals surface area contributed by atoms with Crippen LogP contribution in [-0.4, -0.2) is 28.6 Å². The molecule has 88 valence electrons. The molecule has 0 spiro atoms. The minimum atomic E-state index is -0.283. The smallest absolute Gasteiger partial charge is 0.253 e. The molecule has 1 heterocycles. The van der Waals surface area contributed by atoms with Gasteiger partial charge in [-0.15, -0.1) is 0 Å². The molecular weight excluding hydrogens is 208 g/mol. The molecule has 0 aliphatic heterocycles. The first-order chi connectivity index (χ1) is 7.58. The second-order valence-electron chi connectivity index (χ2n) is 3.62. The van der Waals surface area contributed by atoms with Crippen molar-refractivity contribution in [3.63, 3.8) is 0 Å². The van der Waals surface area contributed by atoms with Crippen molar-refractivity contribution in [3.05, 3.63) is 33.7 Å². The topological polar surface area (TPSA) is 82.2 Å². The van der Waals surface area contributed by atoms with Gasteiger partial charge < -0.3 is 15.4 Å². The first kappa shape index (κ1) is 12.4. The zero-order valence-electron chi connectivity index (χ0n) is 9.41. The monoisotopic (exact) mass is 224 g/mol. The number of hydrogen-bond acceptors (Lipinski definition) is 3. The number of hydrogen-bond donors (Lipinski definition) is 3. The Kier molecular flexibility index (Phi) is 4.25. The van der Waals surface area contributed by atoms with Crippen LogP contribution in [0.4, 0.5) is 0 Å². The van der Waals surface area contributed by atoms with E-state index < -0.39 is 0 Å². The van der Waals surface area contributed by atoms with E-state index in [2.05, 4.69) is 10.3 Å². The highest BCUT2D eigenvalue weighted by molar-refractivity contribution is 5.95. The van der Waals surface area contributed by atoms with Crippen LogP contribution in [0.2, 0.25) is 0 Å². The summed E-state index contributed by atoms with van der Waals surface area (Å²) in [6.45, 7) is 3.45. The second-order valence-corrected chi connectivity index (χ2v) is 3.62. The summed E-state index contributed by atoms with van der Waals surface area (Å²) >= 11 is 0. The van der Waals surface area contributed by atoms with E-state index in [9.17, 15) is 9.59 Å². The molecule has 0 bridgehead atoms. The number of pyridine rings is 1. The van der Waals surface area contributed by atoms with Crippen molar-refractivity contribution in [1.29, 1.82) is 0 Å². The van der Waals surface area contributed by atoms with Gasteiger partial charge in [0.2, 0.25) is 5.56 Å². The van der Waals surface area contributed by atoms with Gasteiger partial charge in [0.15, 0.2) is 0 Å². The molecule has 1 atom stereocenters. The van der Waals surface area contributed by atoms with Crippen LogP contribution in [0.1, 0.15) is 29.4 Å². The van der Waals surface area contributed by atoms with Crippen molar-refractivity contribution < 1.29 is 9.90 Å². The van der Waals surface area contributed by atoms with Crippen LogP contribution in [0.25, 0.3) is 0 Å². The first-order valence-electron chi connectivity index (χ1n) is 5.20. The normalized spacial score (nSPS) is 12.2. The summed E-state index contributed by atoms with van der Waals surface area (Å²) in [4.78, 5) is 25.3. The molecule has 5 nitrogen and oxygen atoms in total. The van der Waals surface area contributed by atoms with Crippen LogP contribution in [0.3, 0.4) is 0 Å². The lowest BCUT2D eigenvalue weighted by atomic mass is 10.1. The van der Waals surface area contributed by atoms with Gasteiger partial charge in [-0.1, -0.05) is 6.92 Å². The number of carbonyl (C=O) groups excluding carboxylic acids is 1. The van der Waals surface area contributed by atoms with Gasteiger partial charge in [-0.3, -0.25) is 9.59 Å². The highest BCUT2D eigenvalue weighted by atomic mass is 16.3. The first-order valence-corrected chi connectivity index (χ1v) is 5.20. The molecule has 16 heavy (non-hydrogen) atoms. The van der Waals surface area contributed by atoms with Gasteiger partial charge in [-0.25, -0.2) is 0 Å². The Bertz CT molecular complexity index is 421. The van der Waals surface area contributed by atoms with Crippen molar-refractivity contribution in [1.82, 2.24) is 10.3 Å². The number of aryl methyl sites for hydroxylation is 1. The van der Waals surface area contributed by atoms with E-state index in [0.717, 1.165) is 0 Å². The van der Waals surface area contributed by atoms with Gasteiger partial charge in [0.05, 0.1) is 18.2 Å². The van der Waals surface area contributed by atoms with E-state index >= 15 is 0 Å². The minimum absolute atomic E-state index is 0.0926. The Morgan fingerprint density at radius 1 is 1.56 bits per heavy atom. The van der Waals surface area contributed by atoms with E-state index in [1.807, 2.05) is 6.92 Å². The number of rotatable bonds is 4. The van der Waals surface area contributed by atoms with Crippen molar-refractivity contribution in [2.45, 2.75) is 26.3 Å². The van der Waals surface area contributed by atoms with Gasteiger partial charge >= 0.3 is 0 Å². The number of aromatic nitrogens is 1. The largest absolute Gasteiger partial charge is 0.394 e. The third-order valence-electron chi connectivity index (χ3n) is 2.41. The van der Waals surface area contributed by atoms with Gasteiger partial charge in [-0.05, 0) is 19.4 Å². The maximum Gasteiger partial charge on any atom is 0.253 e. The summed E-state index contributed by atoms with van der Waals surface area (Å²) < 4.78 is 0. The van der Waals surface area contributed by atoms with Gasteiger partial charge in [0.1, 0.15) is 0 Å². The molecule has 1 unspecified atom stereocenters. The molecule has 0 radical (unpaired) electrons. The Labute approximate surface area is 93.5 Å². The van der Waals surface area contributed by atoms with Crippen LogP contribution in [0.5, 0.6) is 0 Å². The highest BCUT2D eigenvalue weighted by Gasteiger charge is 2.13. The fraction of sp³-hybridized carbons (Fsp3) is 0.455. The quantitative estimate of drug-likeness (QED) is 0.682. The Morgan fingerprint density at radius 3 is 2.75 bits per heavy atom. The zero-order valence-corrected chi connectivity index (χ0v) is 9.41. The maximum absolute atomic E-state index is 11.8. The number of aromatic amines is 1. The number of aliphatic hydroxyl groups is 1. The summed E-state index contributed by atoms with van der Waals surface area (Å²) in [5.41, 5.74) is 0.715. The number of aliphatic hydroxyl groups excluding tert-OH is 1. The third kappa shape index (κ3) is 2.93. The average Bonchev–Trinajstić information content (AvgIpc) is 2.25. The number of H-pyrrole nitrogens is 1. The minimum Gasteiger partial charge on any atom is -0.394 e. The van der Waals surface area contributed by atoms with Gasteiger partial charge in [-0.2, -0.15) is 0 Å². The molecule has 0 aliphatic rings. The van der Waals surface area contributed by atoms with Crippen LogP contribution in [0, 0.1) is 6.92 Å². The summed E-state index contributed by atoms with van der Waals surface area (Å²) in [5.74, 6) is -0.283. The lowest BCUT2D eigenvalue weighted by Gasteiger charge is -2.14. The molecule has 1 aromatic heterocycles. The maximum atomic E-state index is 11.8. The Hall–Kier alpha value is -1.62. The van der Waals surface area contributed by atoms with E-state index in [1.54, 1.807) is 6.92 Å². The van der Waals surface area contributed by atoms with E-state index in [-0.39, 0.29) is 24.1 Å². The highest BCUT2D eigenvalue weighted by Crippen LogP contribution is 2.02. The Morgan fingerprint density at radius 2 is 2.25 bits per heavy atom. The molecule has 0 saturated carbocycles. The summed E-state index contributed by atoms with van der Waals surface area (Å²) in [6, 6.07) is 2.54. The lowest BCUT2D eigenvalue weighted by molar-refractivity contribution is 0.0914. The molecule has 5 heteroatoms. The fourth-order valence-electron chi connectivity index (χ4n) is 1.36. The molecule has 1 rings (SSSR count). The number of amides is 1. The summed E-state index contributed by atoms with van der Waals surface area (Å²) in [6.07, 6.45) is 0.657. The van der Waals surface area contributed by atoms with Crippen LogP contribution in [0.15, 0.2) is 16.9 Å². The van der Waals surface area contributed by atoms with E-state index in [1.165, 1.54) is 12.1 Å². The number of nitrogens with one attached hydrogen (secondary N) is 2. The average molecular weight is 224 g/mol. The molecule has 0 fully saturated rings. The second kappa shape index (κ2) is 5.46. The molecular formula is C11H16N2O3.